The minimum Gasteiger partial charge on any atom is -0.269 e. The molecule has 0 unspecified atom stereocenters. The molecular formula is C21H16N2O. The fourth-order valence-electron chi connectivity index (χ4n) is 3.02. The average Bonchev–Trinajstić information content (AvgIpc) is 2.62. The van der Waals surface area contributed by atoms with E-state index < -0.39 is 0 Å². The number of hydrogen-bond donors (Lipinski definition) is 0. The van der Waals surface area contributed by atoms with Gasteiger partial charge in [-0.05, 0) is 42.3 Å². The van der Waals surface area contributed by atoms with Crippen molar-refractivity contribution in [1.82, 2.24) is 9.55 Å². The fraction of sp³-hybridized carbons (Fsp3) is 0.0476. The molecule has 0 N–H and O–H groups in total. The maximum Gasteiger partial charge on any atom is 0.256 e. The first-order chi connectivity index (χ1) is 11.7. The van der Waals surface area contributed by atoms with E-state index in [2.05, 4.69) is 23.2 Å². The van der Waals surface area contributed by atoms with Crippen molar-refractivity contribution < 1.29 is 0 Å². The van der Waals surface area contributed by atoms with E-state index in [0.717, 1.165) is 27.9 Å². The van der Waals surface area contributed by atoms with Crippen LogP contribution in [0.4, 0.5) is 0 Å². The Morgan fingerprint density at radius 3 is 2.21 bits per heavy atom. The van der Waals surface area contributed by atoms with Crippen LogP contribution in [0.5, 0.6) is 0 Å². The first kappa shape index (κ1) is 14.4. The molecule has 0 aliphatic carbocycles. The van der Waals surface area contributed by atoms with E-state index in [-0.39, 0.29) is 5.56 Å². The largest absolute Gasteiger partial charge is 0.269 e. The number of rotatable bonds is 2. The van der Waals surface area contributed by atoms with E-state index in [0.29, 0.717) is 5.65 Å². The fourth-order valence-corrected chi connectivity index (χ4v) is 3.02. The van der Waals surface area contributed by atoms with E-state index in [1.54, 1.807) is 10.6 Å². The van der Waals surface area contributed by atoms with Gasteiger partial charge in [0.15, 0.2) is 0 Å². The molecule has 0 aliphatic rings. The molecule has 0 spiro atoms. The number of pyridine rings is 2. The van der Waals surface area contributed by atoms with Gasteiger partial charge in [0.2, 0.25) is 0 Å². The molecule has 3 heteroatoms. The summed E-state index contributed by atoms with van der Waals surface area (Å²) < 4.78 is 1.68. The molecule has 2 aromatic heterocycles. The molecule has 0 fully saturated rings. The monoisotopic (exact) mass is 312 g/mol. The minimum atomic E-state index is -0.0780. The highest BCUT2D eigenvalue weighted by molar-refractivity contribution is 5.93. The quantitative estimate of drug-likeness (QED) is 0.551. The lowest BCUT2D eigenvalue weighted by molar-refractivity contribution is 1.01. The van der Waals surface area contributed by atoms with Gasteiger partial charge in [0, 0.05) is 17.1 Å². The van der Waals surface area contributed by atoms with Crippen LogP contribution in [0.2, 0.25) is 0 Å². The molecule has 0 saturated heterocycles. The van der Waals surface area contributed by atoms with Crippen LogP contribution in [0.1, 0.15) is 5.69 Å². The van der Waals surface area contributed by atoms with Gasteiger partial charge in [-0.3, -0.25) is 9.36 Å². The second kappa shape index (κ2) is 5.78. The summed E-state index contributed by atoms with van der Waals surface area (Å²) in [4.78, 5) is 17.2. The second-order valence-corrected chi connectivity index (χ2v) is 5.76. The molecule has 3 nitrogen and oxygen atoms in total. The number of aromatic nitrogens is 2. The SMILES string of the molecule is Cc1cc(-c2ccccc2)c2ccc(=O)n(-c3ccccc3)c2n1. The van der Waals surface area contributed by atoms with Crippen LogP contribution < -0.4 is 5.56 Å². The van der Waals surface area contributed by atoms with Crippen molar-refractivity contribution in [3.63, 3.8) is 0 Å². The highest BCUT2D eigenvalue weighted by Gasteiger charge is 2.12. The summed E-state index contributed by atoms with van der Waals surface area (Å²) in [5.41, 5.74) is 4.52. The third-order valence-electron chi connectivity index (χ3n) is 4.09. The molecule has 0 radical (unpaired) electrons. The van der Waals surface area contributed by atoms with E-state index >= 15 is 0 Å². The summed E-state index contributed by atoms with van der Waals surface area (Å²) in [6.45, 7) is 1.96. The molecule has 0 saturated carbocycles. The predicted octanol–water partition coefficient (Wildman–Crippen LogP) is 4.36. The Kier molecular flexibility index (Phi) is 3.47. The van der Waals surface area contributed by atoms with Crippen molar-refractivity contribution in [2.24, 2.45) is 0 Å². The molecule has 116 valence electrons. The Hall–Kier alpha value is -3.20. The lowest BCUT2D eigenvalue weighted by atomic mass is 10.0. The molecule has 4 aromatic rings. The van der Waals surface area contributed by atoms with Crippen LogP contribution in [0, 0.1) is 6.92 Å². The standard InChI is InChI=1S/C21H16N2O/c1-15-14-19(16-8-4-2-5-9-16)18-12-13-20(24)23(21(18)22-15)17-10-6-3-7-11-17/h2-14H,1H3. The van der Waals surface area contributed by atoms with Crippen molar-refractivity contribution in [3.05, 3.63) is 94.9 Å². The van der Waals surface area contributed by atoms with Crippen LogP contribution in [0.25, 0.3) is 27.8 Å². The second-order valence-electron chi connectivity index (χ2n) is 5.76. The molecule has 2 heterocycles. The van der Waals surface area contributed by atoms with Crippen LogP contribution in [0.15, 0.2) is 83.7 Å². The maximum absolute atomic E-state index is 12.5. The molecule has 0 atom stereocenters. The third-order valence-corrected chi connectivity index (χ3v) is 4.09. The minimum absolute atomic E-state index is 0.0780. The van der Waals surface area contributed by atoms with Crippen LogP contribution in [-0.2, 0) is 0 Å². The Bertz CT molecular complexity index is 1070. The Morgan fingerprint density at radius 2 is 1.50 bits per heavy atom. The van der Waals surface area contributed by atoms with Gasteiger partial charge in [-0.15, -0.1) is 0 Å². The van der Waals surface area contributed by atoms with Gasteiger partial charge in [0.05, 0.1) is 5.69 Å². The summed E-state index contributed by atoms with van der Waals surface area (Å²) in [5.74, 6) is 0. The smallest absolute Gasteiger partial charge is 0.256 e. The molecular weight excluding hydrogens is 296 g/mol. The number of benzene rings is 2. The summed E-state index contributed by atoms with van der Waals surface area (Å²) in [7, 11) is 0. The Labute approximate surface area is 139 Å². The van der Waals surface area contributed by atoms with E-state index in [9.17, 15) is 4.79 Å². The summed E-state index contributed by atoms with van der Waals surface area (Å²) in [5, 5.41) is 0.968. The molecule has 0 bridgehead atoms. The Balaban J connectivity index is 2.11. The van der Waals surface area contributed by atoms with Crippen molar-refractivity contribution in [1.29, 1.82) is 0 Å². The van der Waals surface area contributed by atoms with Gasteiger partial charge in [0.1, 0.15) is 5.65 Å². The lowest BCUT2D eigenvalue weighted by Gasteiger charge is -2.13. The van der Waals surface area contributed by atoms with Gasteiger partial charge in [-0.1, -0.05) is 48.5 Å². The molecule has 2 aromatic carbocycles. The van der Waals surface area contributed by atoms with E-state index in [4.69, 9.17) is 0 Å². The first-order valence-electron chi connectivity index (χ1n) is 7.88. The van der Waals surface area contributed by atoms with Gasteiger partial charge < -0.3 is 0 Å². The van der Waals surface area contributed by atoms with E-state index in [1.165, 1.54) is 0 Å². The van der Waals surface area contributed by atoms with Crippen molar-refractivity contribution >= 4 is 11.0 Å². The van der Waals surface area contributed by atoms with Crippen molar-refractivity contribution in [2.45, 2.75) is 6.92 Å². The van der Waals surface area contributed by atoms with Crippen LogP contribution in [0.3, 0.4) is 0 Å². The zero-order chi connectivity index (χ0) is 16.5. The number of aryl methyl sites for hydroxylation is 1. The van der Waals surface area contributed by atoms with Gasteiger partial charge in [0.25, 0.3) is 5.56 Å². The average molecular weight is 312 g/mol. The zero-order valence-corrected chi connectivity index (χ0v) is 13.3. The number of hydrogen-bond acceptors (Lipinski definition) is 2. The summed E-state index contributed by atoms with van der Waals surface area (Å²) in [6.07, 6.45) is 0. The van der Waals surface area contributed by atoms with Crippen LogP contribution >= 0.6 is 0 Å². The summed E-state index contributed by atoms with van der Waals surface area (Å²) in [6, 6.07) is 25.4. The predicted molar refractivity (Wildman–Crippen MR) is 97.5 cm³/mol. The number of nitrogens with zero attached hydrogens (tertiary/aromatic N) is 2. The number of fused-ring (bicyclic) bond motifs is 1. The lowest BCUT2D eigenvalue weighted by Crippen LogP contribution is -2.18. The normalized spacial score (nSPS) is 10.9. The third kappa shape index (κ3) is 2.40. The van der Waals surface area contributed by atoms with Crippen molar-refractivity contribution in [2.75, 3.05) is 0 Å². The molecule has 24 heavy (non-hydrogen) atoms. The zero-order valence-electron chi connectivity index (χ0n) is 13.3. The summed E-state index contributed by atoms with van der Waals surface area (Å²) >= 11 is 0. The Morgan fingerprint density at radius 1 is 0.833 bits per heavy atom. The molecule has 0 aliphatic heterocycles. The van der Waals surface area contributed by atoms with E-state index in [1.807, 2.05) is 61.5 Å². The first-order valence-corrected chi connectivity index (χ1v) is 7.88. The molecule has 0 amide bonds. The maximum atomic E-state index is 12.5. The molecule has 4 rings (SSSR count). The van der Waals surface area contributed by atoms with Gasteiger partial charge in [-0.25, -0.2) is 4.98 Å². The van der Waals surface area contributed by atoms with Crippen molar-refractivity contribution in [3.8, 4) is 16.8 Å². The van der Waals surface area contributed by atoms with Gasteiger partial charge >= 0.3 is 0 Å². The highest BCUT2D eigenvalue weighted by atomic mass is 16.1. The van der Waals surface area contributed by atoms with Gasteiger partial charge in [-0.2, -0.15) is 0 Å². The number of para-hydroxylation sites is 1. The topological polar surface area (TPSA) is 34.9 Å². The van der Waals surface area contributed by atoms with Crippen LogP contribution in [-0.4, -0.2) is 9.55 Å². The highest BCUT2D eigenvalue weighted by Crippen LogP contribution is 2.28.